The standard InChI is InChI=1S/C27H31N5O3/c1-32(21-13-6-3-7-14-21)27-29-17-22(26(35)28-18-24(33)34)25(31-27)30-23-15-9-8-12-20(23)16-19-10-4-2-5-11-19/h2,4-5,8-12,15,17,21H,3,6-7,13-14,16,18H2,1H3,(H,28,35)(H,33,34)(H,29,30,31). The first-order valence-corrected chi connectivity index (χ1v) is 12.0. The number of hydrogen-bond donors (Lipinski definition) is 3. The molecule has 1 amide bonds. The fourth-order valence-electron chi connectivity index (χ4n) is 4.43. The molecule has 1 aromatic heterocycles. The highest BCUT2D eigenvalue weighted by molar-refractivity contribution is 6.00. The number of aromatic nitrogens is 2. The van der Waals surface area contributed by atoms with E-state index in [-0.39, 0.29) is 5.56 Å². The van der Waals surface area contributed by atoms with Crippen molar-refractivity contribution in [2.75, 3.05) is 23.8 Å². The number of anilines is 3. The largest absolute Gasteiger partial charge is 0.480 e. The first kappa shape index (κ1) is 24.2. The maximum atomic E-state index is 12.8. The van der Waals surface area contributed by atoms with Crippen LogP contribution in [0.2, 0.25) is 0 Å². The average Bonchev–Trinajstić information content (AvgIpc) is 2.89. The van der Waals surface area contributed by atoms with E-state index in [2.05, 4.69) is 32.7 Å². The molecule has 0 unspecified atom stereocenters. The highest BCUT2D eigenvalue weighted by atomic mass is 16.4. The molecule has 182 valence electrons. The summed E-state index contributed by atoms with van der Waals surface area (Å²) < 4.78 is 0. The average molecular weight is 474 g/mol. The number of para-hydroxylation sites is 1. The molecule has 0 aliphatic heterocycles. The number of carbonyl (C=O) groups is 2. The zero-order chi connectivity index (χ0) is 24.6. The fraction of sp³-hybridized carbons (Fsp3) is 0.333. The van der Waals surface area contributed by atoms with E-state index < -0.39 is 18.4 Å². The quantitative estimate of drug-likeness (QED) is 0.423. The molecule has 0 saturated heterocycles. The molecule has 0 radical (unpaired) electrons. The molecule has 1 heterocycles. The summed E-state index contributed by atoms with van der Waals surface area (Å²) in [6.45, 7) is -0.480. The zero-order valence-electron chi connectivity index (χ0n) is 19.9. The number of nitrogens with zero attached hydrogens (tertiary/aromatic N) is 3. The lowest BCUT2D eigenvalue weighted by Gasteiger charge is -2.31. The Hall–Kier alpha value is -3.94. The zero-order valence-corrected chi connectivity index (χ0v) is 19.9. The van der Waals surface area contributed by atoms with Crippen LogP contribution in [0.25, 0.3) is 0 Å². The number of nitrogens with one attached hydrogen (secondary N) is 2. The van der Waals surface area contributed by atoms with E-state index in [1.54, 1.807) is 0 Å². The second-order valence-electron chi connectivity index (χ2n) is 8.86. The smallest absolute Gasteiger partial charge is 0.322 e. The maximum Gasteiger partial charge on any atom is 0.322 e. The molecule has 3 N–H and O–H groups in total. The highest BCUT2D eigenvalue weighted by Gasteiger charge is 2.23. The molecule has 0 spiro atoms. The summed E-state index contributed by atoms with van der Waals surface area (Å²) in [6.07, 6.45) is 7.97. The van der Waals surface area contributed by atoms with Crippen LogP contribution < -0.4 is 15.5 Å². The van der Waals surface area contributed by atoms with Crippen LogP contribution in [-0.4, -0.2) is 46.6 Å². The van der Waals surface area contributed by atoms with Gasteiger partial charge in [0.1, 0.15) is 17.9 Å². The Morgan fingerprint density at radius 1 is 1.03 bits per heavy atom. The summed E-state index contributed by atoms with van der Waals surface area (Å²) in [5, 5.41) is 14.7. The van der Waals surface area contributed by atoms with Crippen molar-refractivity contribution >= 4 is 29.3 Å². The van der Waals surface area contributed by atoms with Gasteiger partial charge in [0.15, 0.2) is 0 Å². The van der Waals surface area contributed by atoms with Crippen LogP contribution >= 0.6 is 0 Å². The second kappa shape index (κ2) is 11.5. The lowest BCUT2D eigenvalue weighted by atomic mass is 9.95. The van der Waals surface area contributed by atoms with Gasteiger partial charge in [-0.25, -0.2) is 4.98 Å². The second-order valence-corrected chi connectivity index (χ2v) is 8.86. The van der Waals surface area contributed by atoms with Gasteiger partial charge >= 0.3 is 5.97 Å². The van der Waals surface area contributed by atoms with Crippen LogP contribution in [0.4, 0.5) is 17.5 Å². The van der Waals surface area contributed by atoms with E-state index >= 15 is 0 Å². The maximum absolute atomic E-state index is 12.8. The monoisotopic (exact) mass is 473 g/mol. The molecule has 1 aliphatic carbocycles. The number of benzene rings is 2. The fourth-order valence-corrected chi connectivity index (χ4v) is 4.43. The molecule has 3 aromatic rings. The van der Waals surface area contributed by atoms with E-state index in [1.165, 1.54) is 31.0 Å². The third-order valence-electron chi connectivity index (χ3n) is 6.37. The minimum absolute atomic E-state index is 0.196. The van der Waals surface area contributed by atoms with Gasteiger partial charge in [-0.05, 0) is 36.5 Å². The Kier molecular flexibility index (Phi) is 7.92. The van der Waals surface area contributed by atoms with Crippen molar-refractivity contribution < 1.29 is 14.7 Å². The summed E-state index contributed by atoms with van der Waals surface area (Å²) >= 11 is 0. The van der Waals surface area contributed by atoms with E-state index in [0.717, 1.165) is 24.1 Å². The Bertz CT molecular complexity index is 1160. The molecule has 2 aromatic carbocycles. The first-order valence-electron chi connectivity index (χ1n) is 12.0. The summed E-state index contributed by atoms with van der Waals surface area (Å²) in [5.74, 6) is -0.770. The summed E-state index contributed by atoms with van der Waals surface area (Å²) in [5.41, 5.74) is 3.24. The third kappa shape index (κ3) is 6.35. The molecular weight excluding hydrogens is 442 g/mol. The Balaban J connectivity index is 1.65. The van der Waals surface area contributed by atoms with Crippen LogP contribution in [0.5, 0.6) is 0 Å². The molecule has 8 nitrogen and oxygen atoms in total. The van der Waals surface area contributed by atoms with E-state index in [4.69, 9.17) is 10.1 Å². The number of aliphatic carboxylic acids is 1. The number of carbonyl (C=O) groups excluding carboxylic acids is 1. The molecule has 1 saturated carbocycles. The summed E-state index contributed by atoms with van der Waals surface area (Å²) in [4.78, 5) is 35.1. The number of hydrogen-bond acceptors (Lipinski definition) is 6. The van der Waals surface area contributed by atoms with Gasteiger partial charge in [-0.15, -0.1) is 0 Å². The predicted molar refractivity (Wildman–Crippen MR) is 136 cm³/mol. The number of carboxylic acid groups (broad SMARTS) is 1. The molecule has 0 atom stereocenters. The van der Waals surface area contributed by atoms with Crippen molar-refractivity contribution in [1.29, 1.82) is 0 Å². The van der Waals surface area contributed by atoms with E-state index in [1.807, 2.05) is 49.5 Å². The van der Waals surface area contributed by atoms with Crippen molar-refractivity contribution in [3.63, 3.8) is 0 Å². The van der Waals surface area contributed by atoms with Crippen LogP contribution in [0.3, 0.4) is 0 Å². The SMILES string of the molecule is CN(c1ncc(C(=O)NCC(=O)O)c(Nc2ccccc2Cc2ccccc2)n1)C1CCCCC1. The topological polar surface area (TPSA) is 107 Å². The van der Waals surface area contributed by atoms with Gasteiger partial charge in [0.2, 0.25) is 5.95 Å². The van der Waals surface area contributed by atoms with Gasteiger partial charge in [-0.3, -0.25) is 9.59 Å². The third-order valence-corrected chi connectivity index (χ3v) is 6.37. The number of carboxylic acids is 1. The molecule has 35 heavy (non-hydrogen) atoms. The van der Waals surface area contributed by atoms with Gasteiger partial charge in [0.05, 0.1) is 0 Å². The highest BCUT2D eigenvalue weighted by Crippen LogP contribution is 2.28. The molecule has 1 aliphatic rings. The number of rotatable bonds is 9. The Labute approximate surface area is 205 Å². The minimum Gasteiger partial charge on any atom is -0.480 e. The Morgan fingerprint density at radius 3 is 2.49 bits per heavy atom. The number of amides is 1. The minimum atomic E-state index is -1.12. The van der Waals surface area contributed by atoms with Crippen LogP contribution in [0, 0.1) is 0 Å². The van der Waals surface area contributed by atoms with E-state index in [0.29, 0.717) is 24.2 Å². The van der Waals surface area contributed by atoms with Crippen LogP contribution in [-0.2, 0) is 11.2 Å². The van der Waals surface area contributed by atoms with Gasteiger partial charge in [0.25, 0.3) is 5.91 Å². The van der Waals surface area contributed by atoms with Crippen LogP contribution in [0.15, 0.2) is 60.8 Å². The van der Waals surface area contributed by atoms with Crippen LogP contribution in [0.1, 0.15) is 53.6 Å². The van der Waals surface area contributed by atoms with Gasteiger partial charge in [-0.1, -0.05) is 67.8 Å². The van der Waals surface area contributed by atoms with Gasteiger partial charge in [-0.2, -0.15) is 4.98 Å². The lowest BCUT2D eigenvalue weighted by Crippen LogP contribution is -2.35. The molecular formula is C27H31N5O3. The molecule has 0 bridgehead atoms. The van der Waals surface area contributed by atoms with Crippen molar-refractivity contribution in [3.8, 4) is 0 Å². The van der Waals surface area contributed by atoms with E-state index in [9.17, 15) is 9.59 Å². The van der Waals surface area contributed by atoms with Crippen molar-refractivity contribution in [2.45, 2.75) is 44.6 Å². The van der Waals surface area contributed by atoms with Crippen molar-refractivity contribution in [2.24, 2.45) is 0 Å². The lowest BCUT2D eigenvalue weighted by molar-refractivity contribution is -0.135. The molecule has 1 fully saturated rings. The Morgan fingerprint density at radius 2 is 1.74 bits per heavy atom. The van der Waals surface area contributed by atoms with Crippen molar-refractivity contribution in [3.05, 3.63) is 77.5 Å². The van der Waals surface area contributed by atoms with Crippen molar-refractivity contribution in [1.82, 2.24) is 15.3 Å². The summed E-state index contributed by atoms with van der Waals surface area (Å²) in [6, 6.07) is 18.4. The first-order chi connectivity index (χ1) is 17.0. The molecule has 8 heteroatoms. The van der Waals surface area contributed by atoms with Gasteiger partial charge in [0, 0.05) is 25.0 Å². The normalized spacial score (nSPS) is 13.7. The van der Waals surface area contributed by atoms with Gasteiger partial charge < -0.3 is 20.6 Å². The predicted octanol–water partition coefficient (Wildman–Crippen LogP) is 4.39. The summed E-state index contributed by atoms with van der Waals surface area (Å²) in [7, 11) is 1.99. The molecule has 4 rings (SSSR count).